The molecule has 0 saturated heterocycles. The molecule has 3 heterocycles. The Labute approximate surface area is 273 Å². The molecule has 2 aromatic carbocycles. The number of carbonyl (C=O) groups is 1. The number of carboxylic acid groups (broad SMARTS) is 1. The lowest BCUT2D eigenvalue weighted by Gasteiger charge is -2.16. The summed E-state index contributed by atoms with van der Waals surface area (Å²) >= 11 is 2.72. The third-order valence-electron chi connectivity index (χ3n) is 6.74. The van der Waals surface area contributed by atoms with Crippen LogP contribution in [0.5, 0.6) is 5.75 Å². The van der Waals surface area contributed by atoms with E-state index in [-0.39, 0.29) is 24.5 Å². The summed E-state index contributed by atoms with van der Waals surface area (Å²) in [5.74, 6) is 5.28. The topological polar surface area (TPSA) is 126 Å². The molecule has 238 valence electrons. The Morgan fingerprint density at radius 2 is 1.91 bits per heavy atom. The number of hydrogen-bond acceptors (Lipinski definition) is 12. The normalized spacial score (nSPS) is 11.7. The van der Waals surface area contributed by atoms with Crippen molar-refractivity contribution >= 4 is 60.8 Å². The SMILES string of the molecule is COC(COc1ccc(C#CCN(C)C)cc1F)Cc1sc(N(C)c2cc(C)c(Nc3nc4ccccc4s3)nn2)nc1C(=O)O. The number of anilines is 4. The maximum Gasteiger partial charge on any atom is 0.355 e. The first-order chi connectivity index (χ1) is 22.1. The first kappa shape index (κ1) is 32.7. The lowest BCUT2D eigenvalue weighted by Crippen LogP contribution is -2.23. The van der Waals surface area contributed by atoms with Gasteiger partial charge in [-0.25, -0.2) is 19.2 Å². The van der Waals surface area contributed by atoms with E-state index >= 15 is 0 Å². The second kappa shape index (κ2) is 14.6. The van der Waals surface area contributed by atoms with Crippen LogP contribution in [-0.4, -0.2) is 83.6 Å². The fourth-order valence-corrected chi connectivity index (χ4v) is 6.22. The maximum atomic E-state index is 14.7. The highest BCUT2D eigenvalue weighted by molar-refractivity contribution is 7.22. The molecule has 14 heteroatoms. The first-order valence-electron chi connectivity index (χ1n) is 14.1. The number of ether oxygens (including phenoxy) is 2. The van der Waals surface area contributed by atoms with Gasteiger partial charge in [0.05, 0.1) is 22.9 Å². The number of methoxy groups -OCH3 is 1. The van der Waals surface area contributed by atoms with Crippen LogP contribution in [0, 0.1) is 24.6 Å². The van der Waals surface area contributed by atoms with Crippen LogP contribution in [0.4, 0.5) is 26.3 Å². The van der Waals surface area contributed by atoms with Gasteiger partial charge in [0.1, 0.15) is 6.61 Å². The molecule has 0 saturated carbocycles. The Bertz CT molecular complexity index is 1880. The molecule has 0 bridgehead atoms. The predicted molar refractivity (Wildman–Crippen MR) is 179 cm³/mol. The largest absolute Gasteiger partial charge is 0.488 e. The second-order valence-corrected chi connectivity index (χ2v) is 12.6. The molecular weight excluding hydrogens is 630 g/mol. The summed E-state index contributed by atoms with van der Waals surface area (Å²) < 4.78 is 27.0. The molecule has 1 unspecified atom stereocenters. The molecule has 3 aromatic heterocycles. The molecule has 0 aliphatic heterocycles. The van der Waals surface area contributed by atoms with Crippen LogP contribution in [0.1, 0.15) is 26.5 Å². The molecule has 46 heavy (non-hydrogen) atoms. The number of para-hydroxylation sites is 1. The quantitative estimate of drug-likeness (QED) is 0.159. The zero-order chi connectivity index (χ0) is 32.8. The van der Waals surface area contributed by atoms with Gasteiger partial charge in [0.2, 0.25) is 0 Å². The van der Waals surface area contributed by atoms with E-state index in [9.17, 15) is 14.3 Å². The lowest BCUT2D eigenvalue weighted by atomic mass is 10.2. The van der Waals surface area contributed by atoms with Crippen molar-refractivity contribution in [2.24, 2.45) is 0 Å². The Morgan fingerprint density at radius 1 is 1.11 bits per heavy atom. The van der Waals surface area contributed by atoms with Gasteiger partial charge in [0, 0.05) is 31.0 Å². The highest BCUT2D eigenvalue weighted by atomic mass is 32.1. The van der Waals surface area contributed by atoms with Gasteiger partial charge in [-0.3, -0.25) is 4.90 Å². The maximum absolute atomic E-state index is 14.7. The molecular formula is C32H32FN7O4S2. The summed E-state index contributed by atoms with van der Waals surface area (Å²) in [6.45, 7) is 2.45. The number of rotatable bonds is 12. The van der Waals surface area contributed by atoms with Gasteiger partial charge < -0.3 is 24.8 Å². The van der Waals surface area contributed by atoms with E-state index in [0.717, 1.165) is 15.8 Å². The van der Waals surface area contributed by atoms with Crippen molar-refractivity contribution in [1.29, 1.82) is 0 Å². The summed E-state index contributed by atoms with van der Waals surface area (Å²) in [7, 11) is 7.04. The predicted octanol–water partition coefficient (Wildman–Crippen LogP) is 5.75. The van der Waals surface area contributed by atoms with E-state index in [1.807, 2.05) is 56.3 Å². The Morgan fingerprint density at radius 3 is 2.61 bits per heavy atom. The second-order valence-electron chi connectivity index (χ2n) is 10.5. The summed E-state index contributed by atoms with van der Waals surface area (Å²) in [6.07, 6.45) is -0.375. The van der Waals surface area contributed by atoms with Crippen LogP contribution in [0.25, 0.3) is 10.2 Å². The van der Waals surface area contributed by atoms with Crippen molar-refractivity contribution in [3.8, 4) is 17.6 Å². The standard InChI is InChI=1S/C32H32FN7O4S2/c1-19-15-27(37-38-29(19)36-31-34-23-10-6-7-11-25(23)45-31)40(4)32-35-28(30(41)42)26(46-32)17-21(43-5)18-44-24-13-12-20(16-22(24)33)9-8-14-39(2)3/h6-7,10-13,15-16,21H,14,17-18H2,1-5H3,(H,41,42)(H,34,36,38). The number of halogens is 1. The van der Waals surface area contributed by atoms with Crippen LogP contribution >= 0.6 is 22.7 Å². The molecule has 5 aromatic rings. The number of nitrogens with one attached hydrogen (secondary N) is 1. The minimum absolute atomic E-state index is 0.00496. The minimum Gasteiger partial charge on any atom is -0.488 e. The van der Waals surface area contributed by atoms with Crippen molar-refractivity contribution in [1.82, 2.24) is 25.1 Å². The Hall–Kier alpha value is -4.68. The number of aryl methyl sites for hydroxylation is 1. The molecule has 0 spiro atoms. The molecule has 0 radical (unpaired) electrons. The van der Waals surface area contributed by atoms with E-state index in [4.69, 9.17) is 9.47 Å². The zero-order valence-electron chi connectivity index (χ0n) is 25.9. The third-order valence-corrected chi connectivity index (χ3v) is 8.85. The average molecular weight is 662 g/mol. The van der Waals surface area contributed by atoms with E-state index in [2.05, 4.69) is 37.3 Å². The molecule has 11 nitrogen and oxygen atoms in total. The zero-order valence-corrected chi connectivity index (χ0v) is 27.5. The van der Waals surface area contributed by atoms with Gasteiger partial charge in [0.15, 0.2) is 39.2 Å². The molecule has 0 aliphatic rings. The fourth-order valence-electron chi connectivity index (χ4n) is 4.27. The number of benzene rings is 2. The third kappa shape index (κ3) is 7.93. The number of carboxylic acids is 1. The Kier molecular flexibility index (Phi) is 10.4. The minimum atomic E-state index is -1.17. The van der Waals surface area contributed by atoms with E-state index in [1.165, 1.54) is 41.9 Å². The van der Waals surface area contributed by atoms with Crippen LogP contribution in [-0.2, 0) is 11.2 Å². The van der Waals surface area contributed by atoms with Crippen molar-refractivity contribution < 1.29 is 23.8 Å². The number of aromatic carboxylic acids is 1. The van der Waals surface area contributed by atoms with Crippen LogP contribution in [0.2, 0.25) is 0 Å². The number of aromatic nitrogens is 4. The molecule has 0 amide bonds. The van der Waals surface area contributed by atoms with Gasteiger partial charge in [-0.15, -0.1) is 21.5 Å². The van der Waals surface area contributed by atoms with Gasteiger partial charge in [0.25, 0.3) is 0 Å². The fraction of sp³-hybridized carbons (Fsp3) is 0.281. The van der Waals surface area contributed by atoms with E-state index in [0.29, 0.717) is 38.9 Å². The number of fused-ring (bicyclic) bond motifs is 1. The van der Waals surface area contributed by atoms with Crippen molar-refractivity contribution in [2.45, 2.75) is 19.4 Å². The lowest BCUT2D eigenvalue weighted by molar-refractivity contribution is 0.0567. The monoisotopic (exact) mass is 661 g/mol. The van der Waals surface area contributed by atoms with Gasteiger partial charge in [-0.2, -0.15) is 0 Å². The number of hydrogen-bond donors (Lipinski definition) is 2. The van der Waals surface area contributed by atoms with Gasteiger partial charge in [-0.05, 0) is 63.0 Å². The summed E-state index contributed by atoms with van der Waals surface area (Å²) in [6, 6.07) is 14.2. The first-order valence-corrected chi connectivity index (χ1v) is 15.8. The smallest absolute Gasteiger partial charge is 0.355 e. The van der Waals surface area contributed by atoms with Crippen LogP contribution in [0.15, 0.2) is 48.5 Å². The summed E-state index contributed by atoms with van der Waals surface area (Å²) in [5.41, 5.74) is 2.17. The van der Waals surface area contributed by atoms with Crippen LogP contribution < -0.4 is 15.0 Å². The van der Waals surface area contributed by atoms with Crippen molar-refractivity contribution in [2.75, 3.05) is 51.6 Å². The highest BCUT2D eigenvalue weighted by Crippen LogP contribution is 2.33. The highest BCUT2D eigenvalue weighted by Gasteiger charge is 2.24. The molecule has 5 rings (SSSR count). The molecule has 0 fully saturated rings. The average Bonchev–Trinajstić information content (AvgIpc) is 3.64. The van der Waals surface area contributed by atoms with Crippen molar-refractivity contribution in [3.05, 3.63) is 76.0 Å². The van der Waals surface area contributed by atoms with Gasteiger partial charge >= 0.3 is 5.97 Å². The number of thiazole rings is 2. The molecule has 2 N–H and O–H groups in total. The van der Waals surface area contributed by atoms with E-state index in [1.54, 1.807) is 18.0 Å². The summed E-state index contributed by atoms with van der Waals surface area (Å²) in [4.78, 5) is 25.2. The van der Waals surface area contributed by atoms with E-state index < -0.39 is 17.9 Å². The van der Waals surface area contributed by atoms with Crippen molar-refractivity contribution in [3.63, 3.8) is 0 Å². The molecule has 1 atom stereocenters. The van der Waals surface area contributed by atoms with Crippen LogP contribution in [0.3, 0.4) is 0 Å². The number of nitrogens with zero attached hydrogens (tertiary/aromatic N) is 6. The van der Waals surface area contributed by atoms with Gasteiger partial charge in [-0.1, -0.05) is 35.3 Å². The molecule has 0 aliphatic carbocycles. The summed E-state index contributed by atoms with van der Waals surface area (Å²) in [5, 5.41) is 23.0. The Balaban J connectivity index is 1.26.